The van der Waals surface area contributed by atoms with Gasteiger partial charge < -0.3 is 4.57 Å². The molecule has 1 aromatic heterocycles. The van der Waals surface area contributed by atoms with Crippen molar-refractivity contribution < 1.29 is 9.18 Å². The lowest BCUT2D eigenvalue weighted by Crippen LogP contribution is -1.98. The van der Waals surface area contributed by atoms with Crippen molar-refractivity contribution in [2.45, 2.75) is 18.9 Å². The van der Waals surface area contributed by atoms with Gasteiger partial charge in [-0.25, -0.2) is 4.39 Å². The van der Waals surface area contributed by atoms with Crippen molar-refractivity contribution in [3.8, 4) is 0 Å². The predicted molar refractivity (Wildman–Crippen MR) is 55.6 cm³/mol. The summed E-state index contributed by atoms with van der Waals surface area (Å²) in [6, 6.07) is 6.85. The maximum absolute atomic E-state index is 13.0. The van der Waals surface area contributed by atoms with Gasteiger partial charge in [0, 0.05) is 16.9 Å². The average Bonchev–Trinajstić information content (AvgIpc) is 2.99. The molecule has 0 N–H and O–H groups in total. The van der Waals surface area contributed by atoms with Crippen LogP contribution in [0.5, 0.6) is 0 Å². The highest BCUT2D eigenvalue weighted by atomic mass is 19.1. The van der Waals surface area contributed by atoms with Crippen LogP contribution in [0.15, 0.2) is 24.3 Å². The summed E-state index contributed by atoms with van der Waals surface area (Å²) in [7, 11) is 0. The number of nitrogens with zero attached hydrogens (tertiary/aromatic N) is 1. The van der Waals surface area contributed by atoms with Crippen LogP contribution >= 0.6 is 0 Å². The zero-order valence-corrected chi connectivity index (χ0v) is 8.11. The van der Waals surface area contributed by atoms with Gasteiger partial charge in [0.25, 0.3) is 0 Å². The van der Waals surface area contributed by atoms with Crippen LogP contribution in [0.4, 0.5) is 4.39 Å². The summed E-state index contributed by atoms with van der Waals surface area (Å²) in [6.07, 6.45) is 3.07. The Balaban J connectivity index is 2.33. The lowest BCUT2D eigenvalue weighted by molar-refractivity contribution is 0.111. The molecule has 1 saturated carbocycles. The first-order valence-corrected chi connectivity index (χ1v) is 5.05. The quantitative estimate of drug-likeness (QED) is 0.688. The minimum absolute atomic E-state index is 0.257. The Morgan fingerprint density at radius 3 is 2.80 bits per heavy atom. The monoisotopic (exact) mass is 203 g/mol. The molecule has 1 aromatic carbocycles. The van der Waals surface area contributed by atoms with Crippen LogP contribution in [0.1, 0.15) is 29.4 Å². The van der Waals surface area contributed by atoms with Gasteiger partial charge in [0.15, 0.2) is 6.29 Å². The van der Waals surface area contributed by atoms with Gasteiger partial charge in [-0.2, -0.15) is 0 Å². The second kappa shape index (κ2) is 2.92. The van der Waals surface area contributed by atoms with E-state index in [1.807, 2.05) is 4.57 Å². The predicted octanol–water partition coefficient (Wildman–Crippen LogP) is 2.93. The molecule has 0 spiro atoms. The first-order chi connectivity index (χ1) is 7.29. The number of halogens is 1. The van der Waals surface area contributed by atoms with Gasteiger partial charge in [-0.05, 0) is 37.1 Å². The summed E-state index contributed by atoms with van der Waals surface area (Å²) in [5.74, 6) is -0.257. The van der Waals surface area contributed by atoms with Crippen molar-refractivity contribution >= 4 is 17.2 Å². The van der Waals surface area contributed by atoms with Crippen molar-refractivity contribution in [1.29, 1.82) is 0 Å². The van der Waals surface area contributed by atoms with E-state index in [1.54, 1.807) is 12.1 Å². The van der Waals surface area contributed by atoms with E-state index < -0.39 is 0 Å². The molecule has 2 aromatic rings. The summed E-state index contributed by atoms with van der Waals surface area (Å²) >= 11 is 0. The first-order valence-electron chi connectivity index (χ1n) is 5.05. The molecule has 0 bridgehead atoms. The molecular weight excluding hydrogens is 193 g/mol. The molecule has 0 atom stereocenters. The van der Waals surface area contributed by atoms with Gasteiger partial charge in [-0.15, -0.1) is 0 Å². The second-order valence-corrected chi connectivity index (χ2v) is 3.99. The van der Waals surface area contributed by atoms with E-state index in [9.17, 15) is 9.18 Å². The van der Waals surface area contributed by atoms with Crippen molar-refractivity contribution in [3.05, 3.63) is 35.8 Å². The molecule has 0 radical (unpaired) electrons. The van der Waals surface area contributed by atoms with Gasteiger partial charge >= 0.3 is 0 Å². The number of benzene rings is 1. The number of rotatable bonds is 2. The molecule has 0 amide bonds. The van der Waals surface area contributed by atoms with Crippen LogP contribution in [0.2, 0.25) is 0 Å². The zero-order chi connectivity index (χ0) is 10.4. The highest BCUT2D eigenvalue weighted by molar-refractivity contribution is 5.89. The Labute approximate surface area is 86.3 Å². The maximum Gasteiger partial charge on any atom is 0.166 e. The Morgan fingerprint density at radius 1 is 1.33 bits per heavy atom. The molecule has 1 aliphatic carbocycles. The van der Waals surface area contributed by atoms with Crippen molar-refractivity contribution in [3.63, 3.8) is 0 Å². The molecule has 1 fully saturated rings. The van der Waals surface area contributed by atoms with Gasteiger partial charge in [-0.1, -0.05) is 0 Å². The van der Waals surface area contributed by atoms with E-state index in [0.717, 1.165) is 30.0 Å². The molecule has 0 saturated heterocycles. The van der Waals surface area contributed by atoms with Crippen LogP contribution in [-0.4, -0.2) is 10.9 Å². The van der Waals surface area contributed by atoms with Crippen molar-refractivity contribution in [2.75, 3.05) is 0 Å². The number of hydrogen-bond donors (Lipinski definition) is 0. The molecule has 2 nitrogen and oxygen atoms in total. The number of aromatic nitrogens is 1. The maximum atomic E-state index is 13.0. The molecule has 3 rings (SSSR count). The smallest absolute Gasteiger partial charge is 0.166 e. The third-order valence-electron chi connectivity index (χ3n) is 2.86. The number of carbonyl (C=O) groups excluding carboxylic acids is 1. The Kier molecular flexibility index (Phi) is 1.69. The van der Waals surface area contributed by atoms with Crippen LogP contribution in [0.3, 0.4) is 0 Å². The summed E-state index contributed by atoms with van der Waals surface area (Å²) in [5.41, 5.74) is 1.61. The van der Waals surface area contributed by atoms with Gasteiger partial charge in [0.05, 0.1) is 5.69 Å². The lowest BCUT2D eigenvalue weighted by Gasteiger charge is -2.04. The molecule has 3 heteroatoms. The molecule has 76 valence electrons. The van der Waals surface area contributed by atoms with E-state index in [2.05, 4.69) is 0 Å². The van der Waals surface area contributed by atoms with Gasteiger partial charge in [0.1, 0.15) is 5.82 Å². The van der Waals surface area contributed by atoms with E-state index in [1.165, 1.54) is 12.1 Å². The molecule has 1 heterocycles. The lowest BCUT2D eigenvalue weighted by atomic mass is 10.2. The minimum atomic E-state index is -0.257. The minimum Gasteiger partial charge on any atom is -0.335 e. The largest absolute Gasteiger partial charge is 0.335 e. The molecule has 0 unspecified atom stereocenters. The van der Waals surface area contributed by atoms with Crippen LogP contribution in [0, 0.1) is 5.82 Å². The fourth-order valence-electron chi connectivity index (χ4n) is 2.06. The van der Waals surface area contributed by atoms with E-state index in [4.69, 9.17) is 0 Å². The number of aldehydes is 1. The van der Waals surface area contributed by atoms with Gasteiger partial charge in [-0.3, -0.25) is 4.79 Å². The van der Waals surface area contributed by atoms with E-state index in [-0.39, 0.29) is 5.82 Å². The van der Waals surface area contributed by atoms with E-state index >= 15 is 0 Å². The Morgan fingerprint density at radius 2 is 2.13 bits per heavy atom. The van der Waals surface area contributed by atoms with Gasteiger partial charge in [0.2, 0.25) is 0 Å². The van der Waals surface area contributed by atoms with Crippen molar-refractivity contribution in [2.24, 2.45) is 0 Å². The Hall–Kier alpha value is -1.64. The SMILES string of the molecule is O=Cc1cc2cc(F)ccc2n1C1CC1. The summed E-state index contributed by atoms with van der Waals surface area (Å²) in [6.45, 7) is 0. The summed E-state index contributed by atoms with van der Waals surface area (Å²) < 4.78 is 15.0. The normalized spacial score (nSPS) is 15.8. The molecule has 15 heavy (non-hydrogen) atoms. The third kappa shape index (κ3) is 1.27. The standard InChI is InChI=1S/C12H10FNO/c13-9-1-4-12-8(5-9)6-11(7-15)14(12)10-2-3-10/h1,4-7,10H,2-3H2. The first kappa shape index (κ1) is 8.65. The number of carbonyl (C=O) groups is 1. The second-order valence-electron chi connectivity index (χ2n) is 3.99. The molecule has 0 aliphatic heterocycles. The average molecular weight is 203 g/mol. The fourth-order valence-corrected chi connectivity index (χ4v) is 2.06. The molecule has 1 aliphatic rings. The number of hydrogen-bond acceptors (Lipinski definition) is 1. The molecular formula is C12H10FNO. The third-order valence-corrected chi connectivity index (χ3v) is 2.86. The van der Waals surface area contributed by atoms with Crippen molar-refractivity contribution in [1.82, 2.24) is 4.57 Å². The van der Waals surface area contributed by atoms with Crippen LogP contribution < -0.4 is 0 Å². The number of fused-ring (bicyclic) bond motifs is 1. The Bertz CT molecular complexity index is 540. The summed E-state index contributed by atoms with van der Waals surface area (Å²) in [4.78, 5) is 10.9. The van der Waals surface area contributed by atoms with Crippen LogP contribution in [0.25, 0.3) is 10.9 Å². The zero-order valence-electron chi connectivity index (χ0n) is 8.11. The topological polar surface area (TPSA) is 22.0 Å². The fraction of sp³-hybridized carbons (Fsp3) is 0.250. The van der Waals surface area contributed by atoms with Crippen LogP contribution in [-0.2, 0) is 0 Å². The highest BCUT2D eigenvalue weighted by Crippen LogP contribution is 2.39. The van der Waals surface area contributed by atoms with E-state index in [0.29, 0.717) is 11.7 Å². The highest BCUT2D eigenvalue weighted by Gasteiger charge is 2.27. The summed E-state index contributed by atoms with van der Waals surface area (Å²) in [5, 5.41) is 0.809.